The van der Waals surface area contributed by atoms with Crippen LogP contribution in [0.25, 0.3) is 0 Å². The molecule has 0 aromatic rings. The number of rotatable bonds is 57. The Morgan fingerprint density at radius 1 is 0.419 bits per heavy atom. The van der Waals surface area contributed by atoms with Gasteiger partial charge in [0.2, 0.25) is 0 Å². The molecule has 1 N–H and O–H groups in total. The molecule has 0 radical (unpaired) electrons. The highest BCUT2D eigenvalue weighted by Crippen LogP contribution is 2.18. The lowest BCUT2D eigenvalue weighted by Crippen LogP contribution is -2.40. The van der Waals surface area contributed by atoms with E-state index >= 15 is 0 Å². The molecule has 0 aromatic carbocycles. The first-order valence-electron chi connectivity index (χ1n) is 31.0. The zero-order chi connectivity index (χ0) is 54.1. The van der Waals surface area contributed by atoms with Crippen LogP contribution in [0.5, 0.6) is 0 Å². The smallest absolute Gasteiger partial charge is 0.361 e. The fraction of sp³-hybridized carbons (Fsp3) is 0.800. The van der Waals surface area contributed by atoms with E-state index in [0.717, 1.165) is 70.6 Å². The molecule has 0 aliphatic carbocycles. The Labute approximate surface area is 456 Å². The van der Waals surface area contributed by atoms with Crippen LogP contribution >= 0.6 is 0 Å². The molecule has 0 spiro atoms. The van der Waals surface area contributed by atoms with Crippen molar-refractivity contribution in [1.82, 2.24) is 0 Å². The van der Waals surface area contributed by atoms with E-state index in [4.69, 9.17) is 18.9 Å². The van der Waals surface area contributed by atoms with E-state index in [9.17, 15) is 19.5 Å². The Bertz CT molecular complexity index is 1400. The van der Waals surface area contributed by atoms with E-state index in [1.54, 1.807) is 0 Å². The topological polar surface area (TPSA) is 108 Å². The summed E-state index contributed by atoms with van der Waals surface area (Å²) >= 11 is 0. The molecule has 0 aliphatic rings. The number of hydrogen-bond acceptors (Lipinski definition) is 7. The third-order valence-electron chi connectivity index (χ3n) is 13.5. The fourth-order valence-electron chi connectivity index (χ4n) is 8.81. The lowest BCUT2D eigenvalue weighted by atomic mass is 10.0. The Hall–Kier alpha value is -3.01. The maximum absolute atomic E-state index is 12.9. The summed E-state index contributed by atoms with van der Waals surface area (Å²) in [5.41, 5.74) is 0. The number of quaternary nitrogens is 1. The van der Waals surface area contributed by atoms with Gasteiger partial charge in [-0.3, -0.25) is 9.59 Å². The SMILES string of the molecule is CC/C=C\C/C=C\C/C=C\C/C=C\C/C=C\CCCCCC(=O)OC(COC(=O)CCCCCCCCCCCCCCCCCCCCCCCCCCCCCCCC)COC(OCC[N+](C)(C)C)C(=O)O. The van der Waals surface area contributed by atoms with E-state index in [0.29, 0.717) is 23.9 Å². The molecule has 2 unspecified atom stereocenters. The molecule has 0 heterocycles. The predicted molar refractivity (Wildman–Crippen MR) is 313 cm³/mol. The summed E-state index contributed by atoms with van der Waals surface area (Å²) in [6.45, 7) is 4.76. The van der Waals surface area contributed by atoms with Gasteiger partial charge in [0, 0.05) is 12.8 Å². The molecule has 2 atom stereocenters. The first kappa shape index (κ1) is 71.0. The minimum Gasteiger partial charge on any atom is -0.477 e. The van der Waals surface area contributed by atoms with Crippen LogP contribution in [0, 0.1) is 0 Å². The van der Waals surface area contributed by atoms with Crippen LogP contribution < -0.4 is 0 Å². The minimum absolute atomic E-state index is 0.180. The van der Waals surface area contributed by atoms with E-state index in [1.165, 1.54) is 173 Å². The zero-order valence-electron chi connectivity index (χ0n) is 49.0. The summed E-state index contributed by atoms with van der Waals surface area (Å²) in [6.07, 6.45) is 69.0. The molecule has 9 nitrogen and oxygen atoms in total. The summed E-state index contributed by atoms with van der Waals surface area (Å²) < 4.78 is 22.9. The highest BCUT2D eigenvalue weighted by atomic mass is 16.7. The van der Waals surface area contributed by atoms with Crippen molar-refractivity contribution in [2.45, 2.75) is 289 Å². The summed E-state index contributed by atoms with van der Waals surface area (Å²) in [4.78, 5) is 37.4. The molecule has 430 valence electrons. The molecular formula is C65H118NO8+. The molecule has 0 fully saturated rings. The second-order valence-electron chi connectivity index (χ2n) is 22.0. The lowest BCUT2D eigenvalue weighted by Gasteiger charge is -2.25. The van der Waals surface area contributed by atoms with Gasteiger partial charge in [0.05, 0.1) is 34.4 Å². The van der Waals surface area contributed by atoms with Crippen molar-refractivity contribution in [1.29, 1.82) is 0 Å². The van der Waals surface area contributed by atoms with Crippen molar-refractivity contribution in [2.24, 2.45) is 0 Å². The Morgan fingerprint density at radius 2 is 0.770 bits per heavy atom. The van der Waals surface area contributed by atoms with Crippen LogP contribution in [0.15, 0.2) is 60.8 Å². The lowest BCUT2D eigenvalue weighted by molar-refractivity contribution is -0.870. The van der Waals surface area contributed by atoms with Crippen molar-refractivity contribution in [3.05, 3.63) is 60.8 Å². The number of carboxylic acid groups (broad SMARTS) is 1. The first-order chi connectivity index (χ1) is 36.1. The van der Waals surface area contributed by atoms with Gasteiger partial charge < -0.3 is 28.5 Å². The summed E-state index contributed by atoms with van der Waals surface area (Å²) in [5, 5.41) is 9.70. The van der Waals surface area contributed by atoms with E-state index in [-0.39, 0.29) is 32.2 Å². The molecule has 0 saturated carbocycles. The second-order valence-corrected chi connectivity index (χ2v) is 22.0. The van der Waals surface area contributed by atoms with Crippen molar-refractivity contribution < 1.29 is 42.9 Å². The van der Waals surface area contributed by atoms with Crippen LogP contribution in [-0.4, -0.2) is 87.4 Å². The number of esters is 2. The third-order valence-corrected chi connectivity index (χ3v) is 13.5. The second kappa shape index (κ2) is 56.2. The van der Waals surface area contributed by atoms with Crippen LogP contribution in [0.4, 0.5) is 0 Å². The maximum atomic E-state index is 12.9. The van der Waals surface area contributed by atoms with Gasteiger partial charge in [0.15, 0.2) is 6.10 Å². The molecule has 0 amide bonds. The summed E-state index contributed by atoms with van der Waals surface area (Å²) in [7, 11) is 5.96. The average Bonchev–Trinajstić information content (AvgIpc) is 3.37. The predicted octanol–water partition coefficient (Wildman–Crippen LogP) is 18.4. The normalized spacial score (nSPS) is 13.1. The molecule has 0 rings (SSSR count). The van der Waals surface area contributed by atoms with Gasteiger partial charge in [0.25, 0.3) is 6.29 Å². The van der Waals surface area contributed by atoms with Gasteiger partial charge in [-0.25, -0.2) is 4.79 Å². The number of carboxylic acids is 1. The number of carbonyl (C=O) groups excluding carboxylic acids is 2. The number of aliphatic carboxylic acids is 1. The zero-order valence-corrected chi connectivity index (χ0v) is 49.0. The molecule has 0 bridgehead atoms. The molecule has 0 saturated heterocycles. The maximum Gasteiger partial charge on any atom is 0.361 e. The molecule has 9 heteroatoms. The Balaban J connectivity index is 4.15. The highest BCUT2D eigenvalue weighted by Gasteiger charge is 2.25. The fourth-order valence-corrected chi connectivity index (χ4v) is 8.81. The molecular weight excluding hydrogens is 923 g/mol. The number of nitrogens with zero attached hydrogens (tertiary/aromatic N) is 1. The minimum atomic E-state index is -1.52. The number of unbranched alkanes of at least 4 members (excludes halogenated alkanes) is 32. The van der Waals surface area contributed by atoms with Gasteiger partial charge in [-0.2, -0.15) is 0 Å². The van der Waals surface area contributed by atoms with Crippen LogP contribution in [-0.2, 0) is 33.3 Å². The van der Waals surface area contributed by atoms with Crippen molar-refractivity contribution in [3.8, 4) is 0 Å². The van der Waals surface area contributed by atoms with Crippen LogP contribution in [0.3, 0.4) is 0 Å². The molecule has 74 heavy (non-hydrogen) atoms. The van der Waals surface area contributed by atoms with E-state index in [1.807, 2.05) is 21.1 Å². The van der Waals surface area contributed by atoms with Crippen LogP contribution in [0.2, 0.25) is 0 Å². The van der Waals surface area contributed by atoms with Gasteiger partial charge in [0.1, 0.15) is 13.2 Å². The largest absolute Gasteiger partial charge is 0.477 e. The van der Waals surface area contributed by atoms with Crippen molar-refractivity contribution in [2.75, 3.05) is 47.5 Å². The van der Waals surface area contributed by atoms with Gasteiger partial charge in [-0.05, 0) is 57.8 Å². The Kier molecular flexibility index (Phi) is 53.9. The number of allylic oxidation sites excluding steroid dienone is 10. The monoisotopic (exact) mass is 1040 g/mol. The van der Waals surface area contributed by atoms with Gasteiger partial charge in [-0.1, -0.05) is 267 Å². The standard InChI is InChI=1S/C65H117NO8/c1-6-8-10-12-14-16-18-20-22-24-26-27-28-29-30-31-32-33-34-35-36-38-39-41-43-45-47-49-51-53-55-62(67)72-59-61(60-73-65(64(69)70)71-58-57-66(3,4)5)74-63(68)56-54-52-50-48-46-44-42-40-37-25-23-21-19-17-15-13-11-9-7-2/h9,11,15,17,21,23,37,40,44,46,61,65H,6-8,10,12-14,16,18-20,22,24-36,38-39,41-43,45,47-60H2,1-5H3/p+1/b11-9-,17-15-,23-21-,40-37-,46-44-. The number of ether oxygens (including phenoxy) is 4. The molecule has 0 aromatic heterocycles. The highest BCUT2D eigenvalue weighted by molar-refractivity contribution is 5.71. The number of carbonyl (C=O) groups is 3. The van der Waals surface area contributed by atoms with E-state index < -0.39 is 24.3 Å². The first-order valence-corrected chi connectivity index (χ1v) is 31.0. The molecule has 0 aliphatic heterocycles. The average molecular weight is 1040 g/mol. The summed E-state index contributed by atoms with van der Waals surface area (Å²) in [6, 6.07) is 0. The third kappa shape index (κ3) is 56.7. The summed E-state index contributed by atoms with van der Waals surface area (Å²) in [5.74, 6) is -2.04. The van der Waals surface area contributed by atoms with E-state index in [2.05, 4.69) is 74.6 Å². The quantitative estimate of drug-likeness (QED) is 0.0211. The van der Waals surface area contributed by atoms with Gasteiger partial charge in [-0.15, -0.1) is 0 Å². The van der Waals surface area contributed by atoms with Crippen LogP contribution in [0.1, 0.15) is 277 Å². The van der Waals surface area contributed by atoms with Gasteiger partial charge >= 0.3 is 17.9 Å². The van der Waals surface area contributed by atoms with Crippen molar-refractivity contribution in [3.63, 3.8) is 0 Å². The number of likely N-dealkylation sites (N-methyl/N-ethyl adjacent to an activating group) is 1. The van der Waals surface area contributed by atoms with Crippen molar-refractivity contribution >= 4 is 17.9 Å². The number of hydrogen-bond donors (Lipinski definition) is 1. The Morgan fingerprint density at radius 3 is 1.15 bits per heavy atom.